The summed E-state index contributed by atoms with van der Waals surface area (Å²) in [6.45, 7) is 0. The molecule has 2 aromatic carbocycles. The van der Waals surface area contributed by atoms with Gasteiger partial charge in [0.2, 0.25) is 5.88 Å². The summed E-state index contributed by atoms with van der Waals surface area (Å²) < 4.78 is 7.52. The summed E-state index contributed by atoms with van der Waals surface area (Å²) >= 11 is 0. The van der Waals surface area contributed by atoms with Crippen LogP contribution in [0.4, 0.5) is 5.69 Å². The number of pyridine rings is 2. The van der Waals surface area contributed by atoms with E-state index in [1.54, 1.807) is 31.9 Å². The lowest BCUT2D eigenvalue weighted by molar-refractivity contribution is 0.397. The van der Waals surface area contributed by atoms with Crippen molar-refractivity contribution >= 4 is 27.6 Å². The summed E-state index contributed by atoms with van der Waals surface area (Å²) in [5, 5.41) is 4.92. The van der Waals surface area contributed by atoms with Crippen molar-refractivity contribution in [2.24, 2.45) is 7.05 Å². The average molecular weight is 473 g/mol. The first kappa shape index (κ1) is 21.7. The second-order valence-electron chi connectivity index (χ2n) is 8.64. The van der Waals surface area contributed by atoms with E-state index < -0.39 is 0 Å². The molecule has 0 aliphatic rings. The molecule has 6 rings (SSSR count). The average Bonchev–Trinajstić information content (AvgIpc) is 3.31. The van der Waals surface area contributed by atoms with Crippen LogP contribution in [0, 0.1) is 0 Å². The van der Waals surface area contributed by atoms with E-state index in [4.69, 9.17) is 4.74 Å². The van der Waals surface area contributed by atoms with E-state index >= 15 is 0 Å². The Morgan fingerprint density at radius 2 is 1.78 bits per heavy atom. The van der Waals surface area contributed by atoms with Crippen LogP contribution < -0.4 is 10.1 Å². The van der Waals surface area contributed by atoms with Crippen LogP contribution in [0.25, 0.3) is 33.1 Å². The molecule has 4 aromatic heterocycles. The SMILES string of the molecule is COc1cc(C(Nc2cc(-c3ccc4ccn(C)c4c3)c3nccnc3c2)c2cccnc2)ccn1. The summed E-state index contributed by atoms with van der Waals surface area (Å²) in [6.07, 6.45) is 10.9. The summed E-state index contributed by atoms with van der Waals surface area (Å²) in [5.41, 5.74) is 7.92. The van der Waals surface area contributed by atoms with Gasteiger partial charge in [0.1, 0.15) is 0 Å². The third-order valence-corrected chi connectivity index (χ3v) is 6.40. The zero-order valence-electron chi connectivity index (χ0n) is 20.0. The minimum absolute atomic E-state index is 0.173. The van der Waals surface area contributed by atoms with E-state index in [-0.39, 0.29) is 6.04 Å². The van der Waals surface area contributed by atoms with Crippen LogP contribution in [0.15, 0.2) is 97.8 Å². The summed E-state index contributed by atoms with van der Waals surface area (Å²) in [6, 6.07) is 20.5. The summed E-state index contributed by atoms with van der Waals surface area (Å²) in [5.74, 6) is 0.559. The largest absolute Gasteiger partial charge is 0.481 e. The van der Waals surface area contributed by atoms with Crippen LogP contribution in [0.3, 0.4) is 0 Å². The molecule has 0 amide bonds. The molecular formula is C29H24N6O. The van der Waals surface area contributed by atoms with Gasteiger partial charge < -0.3 is 14.6 Å². The van der Waals surface area contributed by atoms with E-state index in [2.05, 4.69) is 79.5 Å². The van der Waals surface area contributed by atoms with Gasteiger partial charge in [-0.1, -0.05) is 18.2 Å². The van der Waals surface area contributed by atoms with E-state index in [1.807, 2.05) is 30.5 Å². The van der Waals surface area contributed by atoms with Crippen molar-refractivity contribution in [3.8, 4) is 17.0 Å². The van der Waals surface area contributed by atoms with Crippen LogP contribution in [0.5, 0.6) is 5.88 Å². The van der Waals surface area contributed by atoms with Gasteiger partial charge in [-0.05, 0) is 58.5 Å². The number of aryl methyl sites for hydroxylation is 1. The maximum atomic E-state index is 5.39. The zero-order valence-corrected chi connectivity index (χ0v) is 20.0. The van der Waals surface area contributed by atoms with E-state index in [1.165, 1.54) is 10.9 Å². The summed E-state index contributed by atoms with van der Waals surface area (Å²) in [7, 11) is 3.68. The normalized spacial score (nSPS) is 12.1. The Morgan fingerprint density at radius 1 is 0.861 bits per heavy atom. The highest BCUT2D eigenvalue weighted by Crippen LogP contribution is 2.35. The number of nitrogens with zero attached hydrogens (tertiary/aromatic N) is 5. The fraction of sp³-hybridized carbons (Fsp3) is 0.103. The number of nitrogens with one attached hydrogen (secondary N) is 1. The lowest BCUT2D eigenvalue weighted by Gasteiger charge is -2.22. The van der Waals surface area contributed by atoms with Gasteiger partial charge in [-0.2, -0.15) is 0 Å². The Labute approximate surface area is 208 Å². The third-order valence-electron chi connectivity index (χ3n) is 6.40. The van der Waals surface area contributed by atoms with Crippen molar-refractivity contribution in [1.29, 1.82) is 0 Å². The fourth-order valence-corrected chi connectivity index (χ4v) is 4.60. The van der Waals surface area contributed by atoms with Crippen LogP contribution in [-0.4, -0.2) is 31.6 Å². The van der Waals surface area contributed by atoms with Gasteiger partial charge in [-0.3, -0.25) is 15.0 Å². The Kier molecular flexibility index (Phi) is 5.50. The van der Waals surface area contributed by atoms with Crippen molar-refractivity contribution in [3.05, 3.63) is 109 Å². The molecule has 0 saturated heterocycles. The molecule has 0 aliphatic heterocycles. The highest BCUT2D eigenvalue weighted by Gasteiger charge is 2.18. The van der Waals surface area contributed by atoms with Crippen LogP contribution in [0.1, 0.15) is 17.2 Å². The molecule has 4 heterocycles. The molecule has 7 heteroatoms. The third kappa shape index (κ3) is 4.01. The standard InChI is InChI=1S/C29H24N6O/c1-35-13-8-19-5-6-20(14-26(19)35)24-16-23(17-25-29(24)33-12-11-31-25)34-28(22-4-3-9-30-18-22)21-7-10-32-27(15-21)36-2/h3-18,28,34H,1-2H3. The maximum absolute atomic E-state index is 5.39. The van der Waals surface area contributed by atoms with Gasteiger partial charge in [0.25, 0.3) is 0 Å². The second-order valence-corrected chi connectivity index (χ2v) is 8.64. The first-order valence-electron chi connectivity index (χ1n) is 11.7. The molecule has 7 nitrogen and oxygen atoms in total. The van der Waals surface area contributed by atoms with E-state index in [0.29, 0.717) is 5.88 Å². The Balaban J connectivity index is 1.49. The second kappa shape index (κ2) is 9.11. The predicted molar refractivity (Wildman–Crippen MR) is 142 cm³/mol. The van der Waals surface area contributed by atoms with Gasteiger partial charge in [0.15, 0.2) is 0 Å². The quantitative estimate of drug-likeness (QED) is 0.331. The molecule has 6 aromatic rings. The molecule has 176 valence electrons. The zero-order chi connectivity index (χ0) is 24.5. The highest BCUT2D eigenvalue weighted by atomic mass is 16.5. The number of ether oxygens (including phenoxy) is 1. The number of anilines is 1. The lowest BCUT2D eigenvalue weighted by atomic mass is 9.98. The maximum Gasteiger partial charge on any atom is 0.213 e. The van der Waals surface area contributed by atoms with Crippen molar-refractivity contribution in [1.82, 2.24) is 24.5 Å². The Hall–Kier alpha value is -4.78. The molecule has 0 spiro atoms. The first-order valence-corrected chi connectivity index (χ1v) is 11.7. The van der Waals surface area contributed by atoms with Crippen LogP contribution in [0.2, 0.25) is 0 Å². The van der Waals surface area contributed by atoms with Gasteiger partial charge in [0.05, 0.1) is 24.2 Å². The molecule has 0 aliphatic carbocycles. The van der Waals surface area contributed by atoms with Gasteiger partial charge in [0, 0.05) is 67.1 Å². The number of aromatic nitrogens is 5. The molecule has 1 N–H and O–H groups in total. The fourth-order valence-electron chi connectivity index (χ4n) is 4.60. The van der Waals surface area contributed by atoms with Gasteiger partial charge in [-0.15, -0.1) is 0 Å². The molecule has 0 bridgehead atoms. The van der Waals surface area contributed by atoms with E-state index in [0.717, 1.165) is 39.0 Å². The molecular weight excluding hydrogens is 448 g/mol. The van der Waals surface area contributed by atoms with E-state index in [9.17, 15) is 0 Å². The van der Waals surface area contributed by atoms with Crippen molar-refractivity contribution < 1.29 is 4.74 Å². The number of benzene rings is 2. The number of hydrogen-bond donors (Lipinski definition) is 1. The minimum atomic E-state index is -0.173. The van der Waals surface area contributed by atoms with Gasteiger partial charge >= 0.3 is 0 Å². The van der Waals surface area contributed by atoms with Crippen molar-refractivity contribution in [2.45, 2.75) is 6.04 Å². The minimum Gasteiger partial charge on any atom is -0.481 e. The molecule has 0 saturated carbocycles. The smallest absolute Gasteiger partial charge is 0.213 e. The number of fused-ring (bicyclic) bond motifs is 2. The molecule has 1 unspecified atom stereocenters. The lowest BCUT2D eigenvalue weighted by Crippen LogP contribution is -2.13. The Bertz CT molecular complexity index is 1680. The molecule has 0 fully saturated rings. The monoisotopic (exact) mass is 472 g/mol. The number of hydrogen-bond acceptors (Lipinski definition) is 6. The van der Waals surface area contributed by atoms with Crippen molar-refractivity contribution in [3.63, 3.8) is 0 Å². The summed E-state index contributed by atoms with van der Waals surface area (Å²) in [4.78, 5) is 17.9. The number of rotatable bonds is 6. The van der Waals surface area contributed by atoms with Crippen LogP contribution >= 0.6 is 0 Å². The van der Waals surface area contributed by atoms with Crippen LogP contribution in [-0.2, 0) is 7.05 Å². The molecule has 0 radical (unpaired) electrons. The molecule has 1 atom stereocenters. The predicted octanol–water partition coefficient (Wildman–Crippen LogP) is 5.79. The highest BCUT2D eigenvalue weighted by molar-refractivity contribution is 5.97. The molecule has 36 heavy (non-hydrogen) atoms. The van der Waals surface area contributed by atoms with Crippen molar-refractivity contribution in [2.75, 3.05) is 12.4 Å². The van der Waals surface area contributed by atoms with Gasteiger partial charge in [-0.25, -0.2) is 4.98 Å². The topological polar surface area (TPSA) is 77.8 Å². The number of methoxy groups -OCH3 is 1. The first-order chi connectivity index (χ1) is 17.7. The Morgan fingerprint density at radius 3 is 2.64 bits per heavy atom.